The van der Waals surface area contributed by atoms with Gasteiger partial charge in [-0.05, 0) is 42.0 Å². The van der Waals surface area contributed by atoms with Crippen molar-refractivity contribution in [1.82, 2.24) is 10.2 Å². The van der Waals surface area contributed by atoms with Crippen molar-refractivity contribution in [3.8, 4) is 0 Å². The number of halogens is 2. The SMILES string of the molecule is O=C(CCN1CCN(c2ccc(F)cc2)CC1)NCc1ccc(Cl)cc1. The van der Waals surface area contributed by atoms with Crippen molar-refractivity contribution in [2.24, 2.45) is 0 Å². The van der Waals surface area contributed by atoms with Crippen LogP contribution >= 0.6 is 11.6 Å². The standard InChI is InChI=1S/C20H23ClFN3O/c21-17-3-1-16(2-4-17)15-23-20(26)9-10-24-11-13-25(14-12-24)19-7-5-18(22)6-8-19/h1-8H,9-15H2,(H,23,26). The highest BCUT2D eigenvalue weighted by atomic mass is 35.5. The predicted molar refractivity (Wildman–Crippen MR) is 103 cm³/mol. The summed E-state index contributed by atoms with van der Waals surface area (Å²) in [7, 11) is 0. The highest BCUT2D eigenvalue weighted by molar-refractivity contribution is 6.30. The Labute approximate surface area is 158 Å². The molecule has 1 fully saturated rings. The highest BCUT2D eigenvalue weighted by Crippen LogP contribution is 2.17. The van der Waals surface area contributed by atoms with E-state index < -0.39 is 0 Å². The maximum absolute atomic E-state index is 13.0. The summed E-state index contributed by atoms with van der Waals surface area (Å²) in [6.45, 7) is 4.86. The van der Waals surface area contributed by atoms with Gasteiger partial charge in [-0.1, -0.05) is 23.7 Å². The third-order valence-electron chi connectivity index (χ3n) is 4.62. The fraction of sp³-hybridized carbons (Fsp3) is 0.350. The zero-order valence-electron chi connectivity index (χ0n) is 14.6. The molecule has 2 aromatic rings. The van der Waals surface area contributed by atoms with Crippen LogP contribution in [0, 0.1) is 5.82 Å². The lowest BCUT2D eigenvalue weighted by molar-refractivity contribution is -0.121. The number of nitrogens with one attached hydrogen (secondary N) is 1. The van der Waals surface area contributed by atoms with Crippen LogP contribution in [0.3, 0.4) is 0 Å². The Morgan fingerprint density at radius 2 is 1.65 bits per heavy atom. The second kappa shape index (κ2) is 9.01. The van der Waals surface area contributed by atoms with E-state index in [2.05, 4.69) is 15.1 Å². The summed E-state index contributed by atoms with van der Waals surface area (Å²) in [5.41, 5.74) is 2.09. The summed E-state index contributed by atoms with van der Waals surface area (Å²) in [6.07, 6.45) is 0.490. The zero-order chi connectivity index (χ0) is 18.4. The summed E-state index contributed by atoms with van der Waals surface area (Å²) in [5.74, 6) is -0.155. The Hall–Kier alpha value is -2.11. The number of amides is 1. The van der Waals surface area contributed by atoms with E-state index in [9.17, 15) is 9.18 Å². The number of carbonyl (C=O) groups excluding carboxylic acids is 1. The fourth-order valence-electron chi connectivity index (χ4n) is 3.03. The number of nitrogens with zero attached hydrogens (tertiary/aromatic N) is 2. The number of piperazine rings is 1. The lowest BCUT2D eigenvalue weighted by Gasteiger charge is -2.36. The van der Waals surface area contributed by atoms with E-state index in [-0.39, 0.29) is 11.7 Å². The van der Waals surface area contributed by atoms with Crippen LogP contribution in [-0.2, 0) is 11.3 Å². The molecule has 1 heterocycles. The van der Waals surface area contributed by atoms with E-state index in [4.69, 9.17) is 11.6 Å². The largest absolute Gasteiger partial charge is 0.369 e. The number of hydrogen-bond acceptors (Lipinski definition) is 3. The average molecular weight is 376 g/mol. The van der Waals surface area contributed by atoms with Gasteiger partial charge in [0.15, 0.2) is 0 Å². The molecule has 138 valence electrons. The summed E-state index contributed by atoms with van der Waals surface area (Å²) in [5, 5.41) is 3.64. The number of carbonyl (C=O) groups is 1. The lowest BCUT2D eigenvalue weighted by Crippen LogP contribution is -2.47. The van der Waals surface area contributed by atoms with Gasteiger partial charge in [-0.25, -0.2) is 4.39 Å². The minimum atomic E-state index is -0.211. The molecule has 4 nitrogen and oxygen atoms in total. The molecule has 0 bridgehead atoms. The molecule has 1 aliphatic rings. The Kier molecular flexibility index (Phi) is 6.47. The topological polar surface area (TPSA) is 35.6 Å². The van der Waals surface area contributed by atoms with Gasteiger partial charge in [0.25, 0.3) is 0 Å². The van der Waals surface area contributed by atoms with Gasteiger partial charge in [0, 0.05) is 56.4 Å². The van der Waals surface area contributed by atoms with E-state index in [1.54, 1.807) is 0 Å². The molecule has 0 radical (unpaired) electrons. The molecule has 0 saturated carbocycles. The van der Waals surface area contributed by atoms with Crippen molar-refractivity contribution >= 4 is 23.2 Å². The molecule has 6 heteroatoms. The van der Waals surface area contributed by atoms with E-state index in [1.165, 1.54) is 12.1 Å². The molecule has 3 rings (SSSR count). The smallest absolute Gasteiger partial charge is 0.221 e. The average Bonchev–Trinajstić information content (AvgIpc) is 2.67. The molecule has 1 amide bonds. The number of rotatable bonds is 6. The van der Waals surface area contributed by atoms with Crippen molar-refractivity contribution in [3.63, 3.8) is 0 Å². The van der Waals surface area contributed by atoms with E-state index in [1.807, 2.05) is 36.4 Å². The maximum Gasteiger partial charge on any atom is 0.221 e. The van der Waals surface area contributed by atoms with Crippen LogP contribution in [0.4, 0.5) is 10.1 Å². The third-order valence-corrected chi connectivity index (χ3v) is 4.87. The normalized spacial score (nSPS) is 15.1. The second-order valence-corrected chi connectivity index (χ2v) is 6.89. The van der Waals surface area contributed by atoms with Crippen LogP contribution in [0.25, 0.3) is 0 Å². The van der Waals surface area contributed by atoms with Crippen LogP contribution in [0.15, 0.2) is 48.5 Å². The minimum absolute atomic E-state index is 0.0564. The molecular weight excluding hydrogens is 353 g/mol. The predicted octanol–water partition coefficient (Wildman–Crippen LogP) is 3.31. The van der Waals surface area contributed by atoms with Crippen molar-refractivity contribution in [2.75, 3.05) is 37.6 Å². The Morgan fingerprint density at radius 3 is 2.31 bits per heavy atom. The molecular formula is C20H23ClFN3O. The van der Waals surface area contributed by atoms with Crippen molar-refractivity contribution in [3.05, 3.63) is 64.9 Å². The van der Waals surface area contributed by atoms with Gasteiger partial charge in [-0.2, -0.15) is 0 Å². The molecule has 0 unspecified atom stereocenters. The first-order chi connectivity index (χ1) is 12.6. The number of anilines is 1. The van der Waals surface area contributed by atoms with Gasteiger partial charge in [0.05, 0.1) is 0 Å². The van der Waals surface area contributed by atoms with Crippen LogP contribution in [0.5, 0.6) is 0 Å². The summed E-state index contributed by atoms with van der Waals surface area (Å²) in [6, 6.07) is 14.1. The quantitative estimate of drug-likeness (QED) is 0.841. The molecule has 0 atom stereocenters. The van der Waals surface area contributed by atoms with E-state index >= 15 is 0 Å². The molecule has 0 spiro atoms. The van der Waals surface area contributed by atoms with Gasteiger partial charge < -0.3 is 10.2 Å². The Morgan fingerprint density at radius 1 is 1.00 bits per heavy atom. The van der Waals surface area contributed by atoms with Crippen LogP contribution in [-0.4, -0.2) is 43.5 Å². The van der Waals surface area contributed by atoms with E-state index in [0.29, 0.717) is 18.0 Å². The monoisotopic (exact) mass is 375 g/mol. The minimum Gasteiger partial charge on any atom is -0.369 e. The van der Waals surface area contributed by atoms with Crippen LogP contribution < -0.4 is 10.2 Å². The summed E-state index contributed by atoms with van der Waals surface area (Å²) < 4.78 is 13.0. The van der Waals surface area contributed by atoms with Gasteiger partial charge in [0.1, 0.15) is 5.82 Å². The van der Waals surface area contributed by atoms with Crippen molar-refractivity contribution < 1.29 is 9.18 Å². The number of benzene rings is 2. The first kappa shape index (κ1) is 18.7. The third kappa shape index (κ3) is 5.44. The van der Waals surface area contributed by atoms with Crippen LogP contribution in [0.1, 0.15) is 12.0 Å². The molecule has 2 aromatic carbocycles. The molecule has 1 aliphatic heterocycles. The molecule has 1 saturated heterocycles. The second-order valence-electron chi connectivity index (χ2n) is 6.46. The Bertz CT molecular complexity index is 713. The van der Waals surface area contributed by atoms with Gasteiger partial charge >= 0.3 is 0 Å². The molecule has 26 heavy (non-hydrogen) atoms. The fourth-order valence-corrected chi connectivity index (χ4v) is 3.16. The highest BCUT2D eigenvalue weighted by Gasteiger charge is 2.17. The molecule has 0 aliphatic carbocycles. The zero-order valence-corrected chi connectivity index (χ0v) is 15.4. The van der Waals surface area contributed by atoms with Crippen molar-refractivity contribution in [1.29, 1.82) is 0 Å². The van der Waals surface area contributed by atoms with Gasteiger partial charge in [-0.15, -0.1) is 0 Å². The van der Waals surface area contributed by atoms with E-state index in [0.717, 1.165) is 44.0 Å². The van der Waals surface area contributed by atoms with Gasteiger partial charge in [-0.3, -0.25) is 9.69 Å². The van der Waals surface area contributed by atoms with Crippen molar-refractivity contribution in [2.45, 2.75) is 13.0 Å². The first-order valence-electron chi connectivity index (χ1n) is 8.84. The maximum atomic E-state index is 13.0. The Balaban J connectivity index is 1.36. The summed E-state index contributed by atoms with van der Waals surface area (Å²) >= 11 is 5.85. The first-order valence-corrected chi connectivity index (χ1v) is 9.22. The van der Waals surface area contributed by atoms with Gasteiger partial charge in [0.2, 0.25) is 5.91 Å². The lowest BCUT2D eigenvalue weighted by atomic mass is 10.2. The molecule has 0 aromatic heterocycles. The summed E-state index contributed by atoms with van der Waals surface area (Å²) in [4.78, 5) is 16.6. The molecule has 1 N–H and O–H groups in total. The number of hydrogen-bond donors (Lipinski definition) is 1. The van der Waals surface area contributed by atoms with Crippen LogP contribution in [0.2, 0.25) is 5.02 Å².